The predicted molar refractivity (Wildman–Crippen MR) is 111 cm³/mol. The Morgan fingerprint density at radius 3 is 2.57 bits per heavy atom. The molecule has 1 saturated carbocycles. The van der Waals surface area contributed by atoms with E-state index in [2.05, 4.69) is 27.2 Å². The van der Waals surface area contributed by atoms with Gasteiger partial charge in [-0.1, -0.05) is 0 Å². The molecule has 2 aromatic heterocycles. The second-order valence-electron chi connectivity index (χ2n) is 7.87. The zero-order chi connectivity index (χ0) is 19.1. The lowest BCUT2D eigenvalue weighted by Gasteiger charge is -2.27. The van der Waals surface area contributed by atoms with Crippen molar-refractivity contribution in [2.75, 3.05) is 25.5 Å². The van der Waals surface area contributed by atoms with Crippen LogP contribution in [0.15, 0.2) is 30.6 Å². The maximum atomic E-state index is 12.5. The average Bonchev–Trinajstić information content (AvgIpc) is 3.48. The van der Waals surface area contributed by atoms with Crippen LogP contribution in [-0.2, 0) is 0 Å². The summed E-state index contributed by atoms with van der Waals surface area (Å²) in [6.45, 7) is 2.26. The Morgan fingerprint density at radius 1 is 1.11 bits per heavy atom. The number of piperidine rings is 1. The molecule has 1 saturated heterocycles. The molecule has 1 aliphatic heterocycles. The van der Waals surface area contributed by atoms with E-state index in [4.69, 9.17) is 4.98 Å². The summed E-state index contributed by atoms with van der Waals surface area (Å²) in [6, 6.07) is 5.92. The molecule has 2 fully saturated rings. The summed E-state index contributed by atoms with van der Waals surface area (Å²) in [6.07, 6.45) is 7.88. The van der Waals surface area contributed by atoms with Crippen LogP contribution < -0.4 is 5.32 Å². The number of anilines is 1. The summed E-state index contributed by atoms with van der Waals surface area (Å²) in [5.41, 5.74) is 2.28. The van der Waals surface area contributed by atoms with E-state index in [0.717, 1.165) is 60.5 Å². The maximum absolute atomic E-state index is 12.5. The van der Waals surface area contributed by atoms with E-state index in [1.807, 2.05) is 18.2 Å². The summed E-state index contributed by atoms with van der Waals surface area (Å²) in [7, 11) is 2.17. The summed E-state index contributed by atoms with van der Waals surface area (Å²) < 4.78 is 1.12. The number of amides is 1. The molecule has 1 aromatic carbocycles. The molecular weight excluding hydrogens is 370 g/mol. The van der Waals surface area contributed by atoms with Crippen molar-refractivity contribution in [1.82, 2.24) is 19.9 Å². The Kier molecular flexibility index (Phi) is 4.56. The summed E-state index contributed by atoms with van der Waals surface area (Å²) in [5, 5.41) is 4.18. The van der Waals surface area contributed by atoms with E-state index in [-0.39, 0.29) is 5.91 Å². The zero-order valence-corrected chi connectivity index (χ0v) is 16.7. The van der Waals surface area contributed by atoms with Gasteiger partial charge in [0.2, 0.25) is 0 Å². The van der Waals surface area contributed by atoms with Crippen LogP contribution in [0.3, 0.4) is 0 Å². The summed E-state index contributed by atoms with van der Waals surface area (Å²) >= 11 is 1.75. The smallest absolute Gasteiger partial charge is 0.258 e. The quantitative estimate of drug-likeness (QED) is 0.725. The Morgan fingerprint density at radius 2 is 1.86 bits per heavy atom. The van der Waals surface area contributed by atoms with Crippen LogP contribution in [0.5, 0.6) is 0 Å². The lowest BCUT2D eigenvalue weighted by molar-refractivity contribution is 0.102. The number of hydrogen-bond acceptors (Lipinski definition) is 6. The SMILES string of the molecule is CN1CCC(c2nc3ccc(NC(=O)c4cnc(C5CC5)nc4)cc3s2)CC1. The number of carbonyl (C=O) groups is 1. The standard InChI is InChI=1S/C21H23N5OS/c1-26-8-6-14(7-9-26)21-25-17-5-4-16(10-18(17)28-21)24-20(27)15-11-22-19(23-12-15)13-2-3-13/h4-5,10-14H,2-3,6-9H2,1H3,(H,24,27). The molecule has 0 bridgehead atoms. The highest BCUT2D eigenvalue weighted by Gasteiger charge is 2.26. The van der Waals surface area contributed by atoms with Crippen molar-refractivity contribution in [3.63, 3.8) is 0 Å². The van der Waals surface area contributed by atoms with Gasteiger partial charge in [0.05, 0.1) is 20.8 Å². The van der Waals surface area contributed by atoms with E-state index in [1.54, 1.807) is 23.7 Å². The molecule has 1 amide bonds. The number of nitrogens with one attached hydrogen (secondary N) is 1. The van der Waals surface area contributed by atoms with Gasteiger partial charge >= 0.3 is 0 Å². The molecule has 144 valence electrons. The Labute approximate surface area is 168 Å². The third-order valence-corrected chi connectivity index (χ3v) is 6.79. The van der Waals surface area contributed by atoms with Gasteiger partial charge in [-0.05, 0) is 64.0 Å². The molecule has 3 aromatic rings. The average molecular weight is 394 g/mol. The number of rotatable bonds is 4. The molecule has 0 spiro atoms. The molecule has 0 unspecified atom stereocenters. The third-order valence-electron chi connectivity index (χ3n) is 5.61. The molecule has 0 atom stereocenters. The van der Waals surface area contributed by atoms with E-state index in [0.29, 0.717) is 17.4 Å². The van der Waals surface area contributed by atoms with E-state index < -0.39 is 0 Å². The molecular formula is C21H23N5OS. The van der Waals surface area contributed by atoms with E-state index in [9.17, 15) is 4.79 Å². The topological polar surface area (TPSA) is 71.0 Å². The maximum Gasteiger partial charge on any atom is 0.258 e. The van der Waals surface area contributed by atoms with Gasteiger partial charge in [-0.15, -0.1) is 11.3 Å². The van der Waals surface area contributed by atoms with Crippen LogP contribution in [0.25, 0.3) is 10.2 Å². The molecule has 0 radical (unpaired) electrons. The van der Waals surface area contributed by atoms with Gasteiger partial charge in [0.1, 0.15) is 5.82 Å². The van der Waals surface area contributed by atoms with Crippen molar-refractivity contribution in [3.05, 3.63) is 47.0 Å². The van der Waals surface area contributed by atoms with Crippen LogP contribution in [0.1, 0.15) is 58.7 Å². The second kappa shape index (κ2) is 7.22. The first-order valence-corrected chi connectivity index (χ1v) is 10.7. The molecule has 6 nitrogen and oxygen atoms in total. The van der Waals surface area contributed by atoms with Crippen molar-refractivity contribution in [1.29, 1.82) is 0 Å². The molecule has 1 aliphatic carbocycles. The van der Waals surface area contributed by atoms with E-state index >= 15 is 0 Å². The number of hydrogen-bond donors (Lipinski definition) is 1. The molecule has 5 rings (SSSR count). The first kappa shape index (κ1) is 17.7. The summed E-state index contributed by atoms with van der Waals surface area (Å²) in [4.78, 5) is 28.4. The monoisotopic (exact) mass is 393 g/mol. The highest BCUT2D eigenvalue weighted by Crippen LogP contribution is 2.37. The van der Waals surface area contributed by atoms with Crippen LogP contribution in [0, 0.1) is 0 Å². The second-order valence-corrected chi connectivity index (χ2v) is 8.93. The first-order valence-electron chi connectivity index (χ1n) is 9.88. The van der Waals surface area contributed by atoms with Crippen molar-refractivity contribution in [3.8, 4) is 0 Å². The third kappa shape index (κ3) is 3.64. The Bertz CT molecular complexity index is 1000. The minimum atomic E-state index is -0.179. The van der Waals surface area contributed by atoms with Gasteiger partial charge in [-0.25, -0.2) is 15.0 Å². The predicted octanol–water partition coefficient (Wildman–Crippen LogP) is 4.03. The van der Waals surface area contributed by atoms with Crippen LogP contribution >= 0.6 is 11.3 Å². The van der Waals surface area contributed by atoms with Crippen molar-refractivity contribution in [2.45, 2.75) is 37.5 Å². The zero-order valence-electron chi connectivity index (χ0n) is 15.9. The van der Waals surface area contributed by atoms with Gasteiger partial charge in [-0.2, -0.15) is 0 Å². The van der Waals surface area contributed by atoms with E-state index in [1.165, 1.54) is 5.01 Å². The number of benzene rings is 1. The number of nitrogens with zero attached hydrogens (tertiary/aromatic N) is 4. The Balaban J connectivity index is 1.31. The molecule has 7 heteroatoms. The molecule has 2 aliphatic rings. The lowest BCUT2D eigenvalue weighted by Crippen LogP contribution is -2.29. The van der Waals surface area contributed by atoms with Crippen molar-refractivity contribution >= 4 is 33.1 Å². The highest BCUT2D eigenvalue weighted by molar-refractivity contribution is 7.18. The largest absolute Gasteiger partial charge is 0.322 e. The fourth-order valence-corrected chi connectivity index (χ4v) is 4.84. The number of fused-ring (bicyclic) bond motifs is 1. The summed E-state index contributed by atoms with van der Waals surface area (Å²) in [5.74, 6) is 1.71. The van der Waals surface area contributed by atoms with Gasteiger partial charge in [0.15, 0.2) is 0 Å². The lowest BCUT2D eigenvalue weighted by atomic mass is 9.98. The number of thiazole rings is 1. The fourth-order valence-electron chi connectivity index (χ4n) is 3.66. The van der Waals surface area contributed by atoms with Gasteiger partial charge in [-0.3, -0.25) is 4.79 Å². The normalized spacial score (nSPS) is 18.5. The molecule has 1 N–H and O–H groups in total. The van der Waals surface area contributed by atoms with Crippen molar-refractivity contribution < 1.29 is 4.79 Å². The highest BCUT2D eigenvalue weighted by atomic mass is 32.1. The molecule has 28 heavy (non-hydrogen) atoms. The fraction of sp³-hybridized carbons (Fsp3) is 0.429. The number of likely N-dealkylation sites (tertiary alicyclic amines) is 1. The molecule has 3 heterocycles. The van der Waals surface area contributed by atoms with Gasteiger partial charge < -0.3 is 10.2 Å². The van der Waals surface area contributed by atoms with Crippen LogP contribution in [-0.4, -0.2) is 45.9 Å². The van der Waals surface area contributed by atoms with Crippen LogP contribution in [0.4, 0.5) is 5.69 Å². The minimum absolute atomic E-state index is 0.179. The first-order chi connectivity index (χ1) is 13.7. The number of carbonyl (C=O) groups excluding carboxylic acids is 1. The van der Waals surface area contributed by atoms with Gasteiger partial charge in [0.25, 0.3) is 5.91 Å². The van der Waals surface area contributed by atoms with Crippen molar-refractivity contribution in [2.24, 2.45) is 0 Å². The minimum Gasteiger partial charge on any atom is -0.322 e. The Hall–Kier alpha value is -2.38. The van der Waals surface area contributed by atoms with Crippen LogP contribution in [0.2, 0.25) is 0 Å². The van der Waals surface area contributed by atoms with Gasteiger partial charge in [0, 0.05) is 29.9 Å². The number of aromatic nitrogens is 3.